The Morgan fingerprint density at radius 2 is 1.88 bits per heavy atom. The summed E-state index contributed by atoms with van der Waals surface area (Å²) in [5.74, 6) is -1.61. The van der Waals surface area contributed by atoms with E-state index in [1.165, 1.54) is 11.6 Å². The van der Waals surface area contributed by atoms with Gasteiger partial charge in [0.15, 0.2) is 0 Å². The second-order valence-electron chi connectivity index (χ2n) is 9.38. The minimum absolute atomic E-state index is 0.0437. The third-order valence-electron chi connectivity index (χ3n) is 6.97. The molecule has 1 N–H and O–H groups in total. The predicted molar refractivity (Wildman–Crippen MR) is 125 cm³/mol. The summed E-state index contributed by atoms with van der Waals surface area (Å²) in [4.78, 5) is 28.4. The van der Waals surface area contributed by atoms with Gasteiger partial charge in [-0.25, -0.2) is 4.39 Å². The lowest BCUT2D eigenvalue weighted by atomic mass is 9.90. The Balaban J connectivity index is 1.54. The van der Waals surface area contributed by atoms with Gasteiger partial charge in [0.2, 0.25) is 5.91 Å². The molecule has 2 aromatic carbocycles. The van der Waals surface area contributed by atoms with E-state index in [1.54, 1.807) is 19.1 Å². The number of piperidine rings is 1. The molecule has 1 aliphatic heterocycles. The van der Waals surface area contributed by atoms with E-state index in [9.17, 15) is 19.2 Å². The van der Waals surface area contributed by atoms with Gasteiger partial charge in [0.25, 0.3) is 5.91 Å². The first kappa shape index (κ1) is 23.4. The van der Waals surface area contributed by atoms with Gasteiger partial charge in [-0.1, -0.05) is 24.3 Å². The Morgan fingerprint density at radius 1 is 1.12 bits per heavy atom. The largest absolute Gasteiger partial charge is 0.785 e. The van der Waals surface area contributed by atoms with Gasteiger partial charge in [0.05, 0.1) is 5.92 Å². The molecule has 1 aliphatic carbocycles. The highest BCUT2D eigenvalue weighted by atomic mass is 19.1. The average Bonchev–Trinajstić information content (AvgIpc) is 3.62. The maximum atomic E-state index is 14.0. The number of hydrogen-bond acceptors (Lipinski definition) is 4. The summed E-state index contributed by atoms with van der Waals surface area (Å²) >= 11 is 0. The zero-order valence-corrected chi connectivity index (χ0v) is 19.4. The van der Waals surface area contributed by atoms with Crippen LogP contribution >= 0.6 is 0 Å². The molecule has 0 radical (unpaired) electrons. The maximum absolute atomic E-state index is 14.0. The molecule has 33 heavy (non-hydrogen) atoms. The van der Waals surface area contributed by atoms with Crippen LogP contribution in [0.2, 0.25) is 0 Å². The molecule has 2 aliphatic rings. The second-order valence-corrected chi connectivity index (χ2v) is 9.38. The fourth-order valence-electron chi connectivity index (χ4n) is 4.48. The number of carbonyl (C=O) groups excluding carboxylic acids is 2. The lowest BCUT2D eigenvalue weighted by molar-refractivity contribution is -0.139. The van der Waals surface area contributed by atoms with Gasteiger partial charge in [0.1, 0.15) is 5.82 Å². The van der Waals surface area contributed by atoms with Crippen LogP contribution in [-0.2, 0) is 11.3 Å². The topological polar surface area (TPSA) is 75.7 Å². The highest BCUT2D eigenvalue weighted by Crippen LogP contribution is 2.32. The van der Waals surface area contributed by atoms with Crippen LogP contribution in [0.3, 0.4) is 0 Å². The Labute approximate surface area is 194 Å². The van der Waals surface area contributed by atoms with Crippen molar-refractivity contribution < 1.29 is 14.0 Å². The minimum Gasteiger partial charge on any atom is -0.785 e. The summed E-state index contributed by atoms with van der Waals surface area (Å²) < 4.78 is 14.0. The van der Waals surface area contributed by atoms with Crippen molar-refractivity contribution in [3.63, 3.8) is 0 Å². The molecule has 1 saturated heterocycles. The first-order valence-corrected chi connectivity index (χ1v) is 11.6. The zero-order chi connectivity index (χ0) is 23.7. The van der Waals surface area contributed by atoms with Crippen LogP contribution in [-0.4, -0.2) is 47.0 Å². The van der Waals surface area contributed by atoms with E-state index in [-0.39, 0.29) is 30.6 Å². The number of rotatable bonds is 6. The molecule has 2 aromatic rings. The molecule has 0 bridgehead atoms. The van der Waals surface area contributed by atoms with Gasteiger partial charge in [-0.2, -0.15) is 0 Å². The number of benzene rings is 2. The van der Waals surface area contributed by atoms with E-state index in [2.05, 4.69) is 25.2 Å². The van der Waals surface area contributed by atoms with Crippen LogP contribution in [0.15, 0.2) is 36.4 Å². The van der Waals surface area contributed by atoms with Crippen LogP contribution in [0.5, 0.6) is 0 Å². The van der Waals surface area contributed by atoms with Crippen LogP contribution < -0.4 is 5.32 Å². The van der Waals surface area contributed by atoms with Crippen molar-refractivity contribution in [2.75, 3.05) is 13.1 Å². The number of nitrogens with one attached hydrogen (secondary N) is 1. The summed E-state index contributed by atoms with van der Waals surface area (Å²) in [6.07, 6.45) is 2.27. The van der Waals surface area contributed by atoms with E-state index in [4.69, 9.17) is 0 Å². The third kappa shape index (κ3) is 5.25. The summed E-state index contributed by atoms with van der Waals surface area (Å²) in [5, 5.41) is 16.0. The minimum atomic E-state index is -0.638. The van der Waals surface area contributed by atoms with Crippen molar-refractivity contribution in [2.24, 2.45) is 5.92 Å². The lowest BCUT2D eigenvalue weighted by Gasteiger charge is -2.43. The number of halogens is 1. The van der Waals surface area contributed by atoms with E-state index in [0.717, 1.165) is 29.0 Å². The molecule has 176 valence electrons. The molecule has 2 unspecified atom stereocenters. The number of carbonyl (C=O) groups is 2. The van der Waals surface area contributed by atoms with Gasteiger partial charge in [0, 0.05) is 24.2 Å². The predicted octanol–water partition coefficient (Wildman–Crippen LogP) is 3.86. The van der Waals surface area contributed by atoms with Gasteiger partial charge in [-0.3, -0.25) is 9.59 Å². The first-order chi connectivity index (χ1) is 15.7. The third-order valence-corrected chi connectivity index (χ3v) is 6.97. The van der Waals surface area contributed by atoms with Crippen molar-refractivity contribution in [3.8, 4) is 0 Å². The van der Waals surface area contributed by atoms with Crippen LogP contribution in [0.4, 0.5) is 4.39 Å². The molecule has 2 amide bonds. The van der Waals surface area contributed by atoms with Crippen LogP contribution in [0.25, 0.3) is 0 Å². The second kappa shape index (κ2) is 9.61. The van der Waals surface area contributed by atoms with E-state index >= 15 is 0 Å². The molecule has 1 saturated carbocycles. The first-order valence-electron chi connectivity index (χ1n) is 11.6. The van der Waals surface area contributed by atoms with Gasteiger partial charge in [-0.05, 0) is 87.5 Å². The van der Waals surface area contributed by atoms with Gasteiger partial charge >= 0.3 is 0 Å². The van der Waals surface area contributed by atoms with Crippen LogP contribution in [0, 0.1) is 37.7 Å². The van der Waals surface area contributed by atoms with E-state index in [0.29, 0.717) is 18.5 Å². The van der Waals surface area contributed by atoms with Crippen molar-refractivity contribution in [1.82, 2.24) is 15.3 Å². The highest BCUT2D eigenvalue weighted by Gasteiger charge is 2.40. The lowest BCUT2D eigenvalue weighted by Crippen LogP contribution is -2.55. The summed E-state index contributed by atoms with van der Waals surface area (Å²) in [5.41, 5.74) is 4.11. The Kier molecular flexibility index (Phi) is 6.81. The Hall–Kier alpha value is -2.77. The molecular weight excluding hydrogens is 421 g/mol. The fraction of sp³-hybridized carbons (Fsp3) is 0.462. The van der Waals surface area contributed by atoms with Gasteiger partial charge in [-0.15, -0.1) is 0 Å². The molecule has 2 fully saturated rings. The van der Waals surface area contributed by atoms with E-state index < -0.39 is 23.7 Å². The van der Waals surface area contributed by atoms with E-state index in [1.807, 2.05) is 17.0 Å². The molecule has 2 atom stereocenters. The number of aryl methyl sites for hydroxylation is 2. The molecule has 6 nitrogen and oxygen atoms in total. The molecule has 7 heteroatoms. The van der Waals surface area contributed by atoms with Crippen molar-refractivity contribution in [1.29, 1.82) is 0 Å². The molecule has 1 heterocycles. The number of hydrogen-bond donors (Lipinski definition) is 1. The summed E-state index contributed by atoms with van der Waals surface area (Å²) in [6.45, 7) is 6.54. The summed E-state index contributed by atoms with van der Waals surface area (Å²) in [6, 6.07) is 10.1. The summed E-state index contributed by atoms with van der Waals surface area (Å²) in [7, 11) is 0. The zero-order valence-electron chi connectivity index (χ0n) is 19.4. The molecule has 4 rings (SSSR count). The Bertz CT molecular complexity index is 1050. The average molecular weight is 453 g/mol. The van der Waals surface area contributed by atoms with Crippen molar-refractivity contribution >= 4 is 11.8 Å². The number of amides is 2. The van der Waals surface area contributed by atoms with Crippen molar-refractivity contribution in [2.45, 2.75) is 58.7 Å². The number of hydroxylamine groups is 2. The van der Waals surface area contributed by atoms with Crippen LogP contribution in [0.1, 0.15) is 51.9 Å². The Morgan fingerprint density at radius 3 is 2.58 bits per heavy atom. The smallest absolute Gasteiger partial charge is 0.251 e. The monoisotopic (exact) mass is 452 g/mol. The molecular formula is C26H31FN3O3-. The fourth-order valence-corrected chi connectivity index (χ4v) is 4.48. The van der Waals surface area contributed by atoms with Crippen molar-refractivity contribution in [3.05, 3.63) is 75.2 Å². The standard InChI is InChI=1S/C26H31FN3O3/c1-16-5-4-6-20(18(16)3)14-30(21-9-10-21)26(32)22-15-29(33)12-11-24(22)28-25(31)19-8-7-17(2)23(27)13-19/h4-8,13,21-22,24H,9-12,14-15H2,1-3H3,(H,28,31)/q-1. The SMILES string of the molecule is Cc1ccc(C(=O)NC2CCN([O-])CC2C(=O)N(Cc2cccc(C)c2C)C2CC2)cc1F. The maximum Gasteiger partial charge on any atom is 0.251 e. The molecule has 0 aromatic heterocycles. The quantitative estimate of drug-likeness (QED) is 0.722. The highest BCUT2D eigenvalue weighted by molar-refractivity contribution is 5.95. The normalized spacial score (nSPS) is 21.0. The van der Waals surface area contributed by atoms with Gasteiger partial charge < -0.3 is 20.5 Å². The molecule has 0 spiro atoms. The number of nitrogens with zero attached hydrogens (tertiary/aromatic N) is 2.